The van der Waals surface area contributed by atoms with Gasteiger partial charge in [-0.25, -0.2) is 8.42 Å². The predicted molar refractivity (Wildman–Crippen MR) is 113 cm³/mol. The molecule has 3 heterocycles. The van der Waals surface area contributed by atoms with Crippen LogP contribution in [0.25, 0.3) is 10.9 Å². The Morgan fingerprint density at radius 1 is 1.19 bits per heavy atom. The van der Waals surface area contributed by atoms with Crippen LogP contribution in [0.1, 0.15) is 13.3 Å². The summed E-state index contributed by atoms with van der Waals surface area (Å²) in [7, 11) is -7.54. The Bertz CT molecular complexity index is 1000. The molecule has 2 aromatic rings. The van der Waals surface area contributed by atoms with E-state index >= 15 is 0 Å². The molecule has 1 aromatic heterocycles. The number of benzene rings is 1. The Kier molecular flexibility index (Phi) is 4.25. The minimum atomic E-state index is -3.61. The minimum absolute atomic E-state index is 0.0660. The first kappa shape index (κ1) is 19.3. The Labute approximate surface area is 164 Å². The zero-order chi connectivity index (χ0) is 19.7. The van der Waals surface area contributed by atoms with E-state index in [1.807, 2.05) is 24.3 Å². The number of piperidine rings is 1. The van der Waals surface area contributed by atoms with Crippen LogP contribution in [0.2, 0.25) is 36.8 Å². The lowest BCUT2D eigenvalue weighted by molar-refractivity contribution is 0.231. The average Bonchev–Trinajstić information content (AvgIpc) is 2.59. The monoisotopic (exact) mass is 420 g/mol. The molecule has 0 radical (unpaired) electrons. The van der Waals surface area contributed by atoms with Crippen molar-refractivity contribution in [3.05, 3.63) is 36.5 Å². The minimum Gasteiger partial charge on any atom is -0.455 e. The van der Waals surface area contributed by atoms with E-state index < -0.39 is 26.7 Å². The van der Waals surface area contributed by atoms with Crippen LogP contribution in [0, 0.1) is 0 Å². The summed E-state index contributed by atoms with van der Waals surface area (Å²) >= 11 is 0. The molecular formula is C19H28N2O3SSi2. The number of hydrogen-bond donors (Lipinski definition) is 0. The van der Waals surface area contributed by atoms with Crippen LogP contribution < -0.4 is 0 Å². The molecular weight excluding hydrogens is 392 g/mol. The van der Waals surface area contributed by atoms with Gasteiger partial charge in [0, 0.05) is 24.7 Å². The van der Waals surface area contributed by atoms with Crippen LogP contribution in [-0.2, 0) is 14.1 Å². The number of sulfonamides is 1. The maximum Gasteiger partial charge on any atom is 0.245 e. The van der Waals surface area contributed by atoms with Crippen molar-refractivity contribution in [1.82, 2.24) is 9.29 Å². The highest BCUT2D eigenvalue weighted by Crippen LogP contribution is 2.57. The third-order valence-electron chi connectivity index (χ3n) is 6.81. The van der Waals surface area contributed by atoms with Crippen LogP contribution in [0.4, 0.5) is 0 Å². The number of pyridine rings is 1. The fourth-order valence-corrected chi connectivity index (χ4v) is 16.8. The van der Waals surface area contributed by atoms with Crippen LogP contribution in [0.15, 0.2) is 41.4 Å². The van der Waals surface area contributed by atoms with E-state index in [4.69, 9.17) is 4.12 Å². The van der Waals surface area contributed by atoms with Crippen molar-refractivity contribution in [2.24, 2.45) is 0 Å². The zero-order valence-electron chi connectivity index (χ0n) is 16.7. The van der Waals surface area contributed by atoms with Gasteiger partial charge < -0.3 is 4.12 Å². The predicted octanol–water partition coefficient (Wildman–Crippen LogP) is 4.20. The van der Waals surface area contributed by atoms with Gasteiger partial charge in [0.15, 0.2) is 16.6 Å². The molecule has 2 aliphatic heterocycles. The highest BCUT2D eigenvalue weighted by molar-refractivity contribution is 7.89. The van der Waals surface area contributed by atoms with Gasteiger partial charge in [-0.1, -0.05) is 25.1 Å². The summed E-state index contributed by atoms with van der Waals surface area (Å²) in [5.41, 5.74) is 0.889. The van der Waals surface area contributed by atoms with Crippen molar-refractivity contribution in [1.29, 1.82) is 0 Å². The van der Waals surface area contributed by atoms with Crippen molar-refractivity contribution >= 4 is 37.6 Å². The second-order valence-electron chi connectivity index (χ2n) is 9.31. The summed E-state index contributed by atoms with van der Waals surface area (Å²) in [4.78, 5) is 4.70. The fourth-order valence-electron chi connectivity index (χ4n) is 4.75. The number of nitrogens with zero attached hydrogens (tertiary/aromatic N) is 2. The molecule has 0 N–H and O–H groups in total. The SMILES string of the molecule is C[C@]12C[C@H](CN(S(=O)(=O)c3cccc4cccnc34)C1)[Si](C)(C)O[Si]2(C)C. The van der Waals surface area contributed by atoms with E-state index in [2.05, 4.69) is 38.1 Å². The fraction of sp³-hybridized carbons (Fsp3) is 0.526. The third-order valence-corrected chi connectivity index (χ3v) is 18.4. The van der Waals surface area contributed by atoms with Gasteiger partial charge >= 0.3 is 0 Å². The smallest absolute Gasteiger partial charge is 0.245 e. The molecule has 2 bridgehead atoms. The molecule has 5 nitrogen and oxygen atoms in total. The second kappa shape index (κ2) is 5.96. The van der Waals surface area contributed by atoms with Gasteiger partial charge in [-0.2, -0.15) is 4.31 Å². The summed E-state index contributed by atoms with van der Waals surface area (Å²) in [6, 6.07) is 9.16. The summed E-state index contributed by atoms with van der Waals surface area (Å²) in [6.07, 6.45) is 2.75. The number of fused-ring (bicyclic) bond motifs is 3. The van der Waals surface area contributed by atoms with Crippen molar-refractivity contribution in [2.75, 3.05) is 13.1 Å². The molecule has 0 saturated carbocycles. The Morgan fingerprint density at radius 2 is 1.89 bits per heavy atom. The molecule has 146 valence electrons. The molecule has 4 rings (SSSR count). The number of rotatable bonds is 2. The van der Waals surface area contributed by atoms with Gasteiger partial charge in [0.2, 0.25) is 10.0 Å². The molecule has 2 atom stereocenters. The summed E-state index contributed by atoms with van der Waals surface area (Å²) < 4.78 is 35.8. The summed E-state index contributed by atoms with van der Waals surface area (Å²) in [5, 5.41) is 0.790. The topological polar surface area (TPSA) is 59.5 Å². The lowest BCUT2D eigenvalue weighted by atomic mass is 10.00. The van der Waals surface area contributed by atoms with Gasteiger partial charge in [0.05, 0.1) is 5.52 Å². The van der Waals surface area contributed by atoms with E-state index in [-0.39, 0.29) is 5.04 Å². The molecule has 0 unspecified atom stereocenters. The first-order valence-corrected chi connectivity index (χ1v) is 16.8. The van der Waals surface area contributed by atoms with Crippen LogP contribution in [-0.4, -0.2) is 47.4 Å². The Morgan fingerprint density at radius 3 is 2.63 bits per heavy atom. The molecule has 0 aliphatic carbocycles. The maximum atomic E-state index is 13.7. The van der Waals surface area contributed by atoms with E-state index in [0.717, 1.165) is 11.8 Å². The second-order valence-corrected chi connectivity index (χ2v) is 20.3. The van der Waals surface area contributed by atoms with Gasteiger partial charge in [-0.05, 0) is 55.3 Å². The lowest BCUT2D eigenvalue weighted by Gasteiger charge is -2.60. The normalized spacial score (nSPS) is 30.3. The molecule has 2 saturated heterocycles. The van der Waals surface area contributed by atoms with E-state index in [1.54, 1.807) is 16.6 Å². The van der Waals surface area contributed by atoms with Gasteiger partial charge in [0.1, 0.15) is 4.90 Å². The highest BCUT2D eigenvalue weighted by atomic mass is 32.2. The molecule has 2 aliphatic rings. The number of para-hydroxylation sites is 1. The average molecular weight is 421 g/mol. The van der Waals surface area contributed by atoms with Crippen molar-refractivity contribution in [3.8, 4) is 0 Å². The largest absolute Gasteiger partial charge is 0.455 e. The standard InChI is InChI=1S/C19H28N2O3SSi2/c1-19-12-16(26(2,3)24-27(19,4)5)13-21(14-19)25(22,23)17-10-6-8-15-9-7-11-20-18(15)17/h6-11,16H,12-14H2,1-5H3/t16-,19+/m1/s1. The first-order valence-electron chi connectivity index (χ1n) is 9.50. The maximum absolute atomic E-state index is 13.7. The van der Waals surface area contributed by atoms with Gasteiger partial charge in [0.25, 0.3) is 0 Å². The molecule has 1 aromatic carbocycles. The summed E-state index contributed by atoms with van der Waals surface area (Å²) in [6.45, 7) is 12.4. The number of hydrogen-bond acceptors (Lipinski definition) is 4. The van der Waals surface area contributed by atoms with E-state index in [0.29, 0.717) is 29.0 Å². The molecule has 0 spiro atoms. The van der Waals surface area contributed by atoms with Crippen LogP contribution >= 0.6 is 0 Å². The molecule has 0 amide bonds. The van der Waals surface area contributed by atoms with Gasteiger partial charge in [-0.3, -0.25) is 4.98 Å². The van der Waals surface area contributed by atoms with Crippen molar-refractivity contribution in [2.45, 2.75) is 55.0 Å². The molecule has 27 heavy (non-hydrogen) atoms. The van der Waals surface area contributed by atoms with Gasteiger partial charge in [-0.15, -0.1) is 0 Å². The zero-order valence-corrected chi connectivity index (χ0v) is 19.5. The van der Waals surface area contributed by atoms with Crippen molar-refractivity contribution < 1.29 is 12.5 Å². The lowest BCUT2D eigenvalue weighted by Crippen LogP contribution is -2.66. The van der Waals surface area contributed by atoms with E-state index in [1.165, 1.54) is 0 Å². The number of aromatic nitrogens is 1. The third kappa shape index (κ3) is 2.93. The van der Waals surface area contributed by atoms with Crippen LogP contribution in [0.3, 0.4) is 0 Å². The Hall–Kier alpha value is -1.07. The quantitative estimate of drug-likeness (QED) is 0.683. The highest BCUT2D eigenvalue weighted by Gasteiger charge is 2.60. The van der Waals surface area contributed by atoms with Crippen LogP contribution in [0.5, 0.6) is 0 Å². The first-order chi connectivity index (χ1) is 12.5. The molecule has 8 heteroatoms. The molecule has 2 fully saturated rings. The Balaban J connectivity index is 1.81. The summed E-state index contributed by atoms with van der Waals surface area (Å²) in [5.74, 6) is 0. The van der Waals surface area contributed by atoms with E-state index in [9.17, 15) is 8.42 Å². The van der Waals surface area contributed by atoms with Crippen molar-refractivity contribution in [3.63, 3.8) is 0 Å².